The number of nitrogens with zero attached hydrogens (tertiary/aromatic N) is 1. The number of nitrogens with one attached hydrogen (secondary N) is 2. The predicted molar refractivity (Wildman–Crippen MR) is 98.1 cm³/mol. The van der Waals surface area contributed by atoms with E-state index in [1.807, 2.05) is 0 Å². The SMILES string of the molecule is O=C(NCCCCN1CCc2ccccc2C1)NC1CCCCC1. The summed E-state index contributed by atoms with van der Waals surface area (Å²) in [6.45, 7) is 4.14. The van der Waals surface area contributed by atoms with Crippen molar-refractivity contribution < 1.29 is 4.79 Å². The van der Waals surface area contributed by atoms with Crippen LogP contribution in [0.4, 0.5) is 4.79 Å². The molecule has 2 aliphatic rings. The fraction of sp³-hybridized carbons (Fsp3) is 0.650. The third-order valence-electron chi connectivity index (χ3n) is 5.34. The largest absolute Gasteiger partial charge is 0.338 e. The normalized spacial score (nSPS) is 18.8. The number of rotatable bonds is 6. The van der Waals surface area contributed by atoms with Crippen LogP contribution in [0.15, 0.2) is 24.3 Å². The van der Waals surface area contributed by atoms with E-state index in [0.29, 0.717) is 6.04 Å². The van der Waals surface area contributed by atoms with Crippen LogP contribution in [0, 0.1) is 0 Å². The Balaban J connectivity index is 1.26. The lowest BCUT2D eigenvalue weighted by molar-refractivity contribution is 0.230. The van der Waals surface area contributed by atoms with E-state index in [-0.39, 0.29) is 6.03 Å². The average molecular weight is 329 g/mol. The number of carbonyl (C=O) groups excluding carboxylic acids is 1. The first kappa shape index (κ1) is 17.3. The van der Waals surface area contributed by atoms with Gasteiger partial charge in [-0.1, -0.05) is 43.5 Å². The van der Waals surface area contributed by atoms with Crippen LogP contribution in [-0.4, -0.2) is 36.6 Å². The molecule has 132 valence electrons. The highest BCUT2D eigenvalue weighted by Gasteiger charge is 2.16. The summed E-state index contributed by atoms with van der Waals surface area (Å²) >= 11 is 0. The monoisotopic (exact) mass is 329 g/mol. The maximum atomic E-state index is 11.9. The molecule has 0 saturated heterocycles. The molecular formula is C20H31N3O. The third-order valence-corrected chi connectivity index (χ3v) is 5.34. The van der Waals surface area contributed by atoms with Gasteiger partial charge in [0.2, 0.25) is 0 Å². The first-order valence-electron chi connectivity index (χ1n) is 9.65. The van der Waals surface area contributed by atoms with Crippen molar-refractivity contribution in [2.75, 3.05) is 19.6 Å². The highest BCUT2D eigenvalue weighted by Crippen LogP contribution is 2.19. The van der Waals surface area contributed by atoms with E-state index < -0.39 is 0 Å². The maximum Gasteiger partial charge on any atom is 0.315 e. The first-order chi connectivity index (χ1) is 11.8. The molecule has 0 bridgehead atoms. The fourth-order valence-electron chi connectivity index (χ4n) is 3.89. The van der Waals surface area contributed by atoms with Crippen molar-refractivity contribution in [2.45, 2.75) is 64.0 Å². The van der Waals surface area contributed by atoms with Crippen molar-refractivity contribution in [3.05, 3.63) is 35.4 Å². The molecule has 2 amide bonds. The summed E-state index contributed by atoms with van der Waals surface area (Å²) in [5.41, 5.74) is 2.99. The number of amides is 2. The van der Waals surface area contributed by atoms with E-state index >= 15 is 0 Å². The molecular weight excluding hydrogens is 298 g/mol. The van der Waals surface area contributed by atoms with Crippen molar-refractivity contribution in [1.29, 1.82) is 0 Å². The zero-order valence-corrected chi connectivity index (χ0v) is 14.7. The molecule has 0 atom stereocenters. The van der Waals surface area contributed by atoms with Crippen molar-refractivity contribution in [3.8, 4) is 0 Å². The van der Waals surface area contributed by atoms with E-state index in [0.717, 1.165) is 58.3 Å². The summed E-state index contributed by atoms with van der Waals surface area (Å²) in [4.78, 5) is 14.4. The Bertz CT molecular complexity index is 525. The second-order valence-electron chi connectivity index (χ2n) is 7.24. The number of hydrogen-bond acceptors (Lipinski definition) is 2. The van der Waals surface area contributed by atoms with Gasteiger partial charge in [0.15, 0.2) is 0 Å². The van der Waals surface area contributed by atoms with Crippen molar-refractivity contribution in [3.63, 3.8) is 0 Å². The minimum atomic E-state index is 0.0220. The molecule has 1 saturated carbocycles. The lowest BCUT2D eigenvalue weighted by Crippen LogP contribution is -2.43. The van der Waals surface area contributed by atoms with Gasteiger partial charge in [-0.05, 0) is 49.8 Å². The van der Waals surface area contributed by atoms with Crippen LogP contribution in [0.5, 0.6) is 0 Å². The lowest BCUT2D eigenvalue weighted by atomic mass is 9.96. The smallest absolute Gasteiger partial charge is 0.315 e. The third kappa shape index (κ3) is 5.23. The Kier molecular flexibility index (Phi) is 6.53. The number of fused-ring (bicyclic) bond motifs is 1. The Morgan fingerprint density at radius 2 is 1.88 bits per heavy atom. The van der Waals surface area contributed by atoms with Gasteiger partial charge in [0, 0.05) is 25.7 Å². The van der Waals surface area contributed by atoms with Crippen LogP contribution >= 0.6 is 0 Å². The topological polar surface area (TPSA) is 44.4 Å². The Morgan fingerprint density at radius 3 is 2.71 bits per heavy atom. The number of unbranched alkanes of at least 4 members (excludes halogenated alkanes) is 1. The lowest BCUT2D eigenvalue weighted by Gasteiger charge is -2.28. The predicted octanol–water partition coefficient (Wildman–Crippen LogP) is 3.46. The fourth-order valence-corrected chi connectivity index (χ4v) is 3.89. The van der Waals surface area contributed by atoms with Gasteiger partial charge in [0.25, 0.3) is 0 Å². The summed E-state index contributed by atoms with van der Waals surface area (Å²) < 4.78 is 0. The van der Waals surface area contributed by atoms with Crippen LogP contribution < -0.4 is 10.6 Å². The van der Waals surface area contributed by atoms with Gasteiger partial charge in [-0.25, -0.2) is 4.79 Å². The highest BCUT2D eigenvalue weighted by atomic mass is 16.2. The Hall–Kier alpha value is -1.55. The van der Waals surface area contributed by atoms with Crippen molar-refractivity contribution in [1.82, 2.24) is 15.5 Å². The number of hydrogen-bond donors (Lipinski definition) is 2. The molecule has 0 unspecified atom stereocenters. The van der Waals surface area contributed by atoms with Gasteiger partial charge in [-0.15, -0.1) is 0 Å². The summed E-state index contributed by atoms with van der Waals surface area (Å²) in [5, 5.41) is 6.12. The molecule has 24 heavy (non-hydrogen) atoms. The molecule has 4 heteroatoms. The summed E-state index contributed by atoms with van der Waals surface area (Å²) in [6.07, 6.45) is 9.47. The van der Waals surface area contributed by atoms with Gasteiger partial charge in [-0.3, -0.25) is 4.90 Å². The maximum absolute atomic E-state index is 11.9. The molecule has 0 aromatic heterocycles. The first-order valence-corrected chi connectivity index (χ1v) is 9.65. The minimum absolute atomic E-state index is 0.0220. The Morgan fingerprint density at radius 1 is 1.08 bits per heavy atom. The van der Waals surface area contributed by atoms with Crippen LogP contribution in [0.3, 0.4) is 0 Å². The van der Waals surface area contributed by atoms with Crippen LogP contribution in [0.2, 0.25) is 0 Å². The molecule has 1 heterocycles. The molecule has 2 N–H and O–H groups in total. The van der Waals surface area contributed by atoms with Gasteiger partial charge in [0.05, 0.1) is 0 Å². The van der Waals surface area contributed by atoms with Crippen LogP contribution in [0.25, 0.3) is 0 Å². The molecule has 0 radical (unpaired) electrons. The minimum Gasteiger partial charge on any atom is -0.338 e. The van der Waals surface area contributed by atoms with Crippen molar-refractivity contribution in [2.24, 2.45) is 0 Å². The van der Waals surface area contributed by atoms with E-state index in [2.05, 4.69) is 39.8 Å². The van der Waals surface area contributed by atoms with Gasteiger partial charge < -0.3 is 10.6 Å². The van der Waals surface area contributed by atoms with Gasteiger partial charge in [-0.2, -0.15) is 0 Å². The van der Waals surface area contributed by atoms with E-state index in [9.17, 15) is 4.79 Å². The molecule has 0 spiro atoms. The molecule has 1 aliphatic heterocycles. The number of carbonyl (C=O) groups is 1. The van der Waals surface area contributed by atoms with Crippen molar-refractivity contribution >= 4 is 6.03 Å². The second-order valence-corrected chi connectivity index (χ2v) is 7.24. The number of urea groups is 1. The van der Waals surface area contributed by atoms with Crippen LogP contribution in [-0.2, 0) is 13.0 Å². The molecule has 4 nitrogen and oxygen atoms in total. The van der Waals surface area contributed by atoms with E-state index in [1.165, 1.54) is 30.4 Å². The highest BCUT2D eigenvalue weighted by molar-refractivity contribution is 5.74. The van der Waals surface area contributed by atoms with Crippen LogP contribution in [0.1, 0.15) is 56.1 Å². The number of benzene rings is 1. The molecule has 1 aromatic rings. The van der Waals surface area contributed by atoms with E-state index in [1.54, 1.807) is 0 Å². The molecule has 3 rings (SSSR count). The molecule has 1 fully saturated rings. The zero-order valence-electron chi connectivity index (χ0n) is 14.7. The second kappa shape index (κ2) is 9.07. The van der Waals surface area contributed by atoms with Gasteiger partial charge in [0.1, 0.15) is 0 Å². The quantitative estimate of drug-likeness (QED) is 0.785. The van der Waals surface area contributed by atoms with E-state index in [4.69, 9.17) is 0 Å². The zero-order chi connectivity index (χ0) is 16.6. The molecule has 1 aliphatic carbocycles. The summed E-state index contributed by atoms with van der Waals surface area (Å²) in [6, 6.07) is 9.19. The molecule has 1 aromatic carbocycles. The summed E-state index contributed by atoms with van der Waals surface area (Å²) in [7, 11) is 0. The Labute approximate surface area is 146 Å². The summed E-state index contributed by atoms with van der Waals surface area (Å²) in [5.74, 6) is 0. The standard InChI is InChI=1S/C20H31N3O/c24-20(22-19-10-2-1-3-11-19)21-13-6-7-14-23-15-12-17-8-4-5-9-18(17)16-23/h4-5,8-9,19H,1-3,6-7,10-16H2,(H2,21,22,24). The average Bonchev–Trinajstić information content (AvgIpc) is 2.62. The van der Waals surface area contributed by atoms with Gasteiger partial charge >= 0.3 is 6.03 Å².